The van der Waals surface area contributed by atoms with E-state index >= 15 is 0 Å². The van der Waals surface area contributed by atoms with Crippen LogP contribution in [-0.4, -0.2) is 30.4 Å². The maximum absolute atomic E-state index is 12.2. The second-order valence-electron chi connectivity index (χ2n) is 5.67. The Morgan fingerprint density at radius 1 is 1.13 bits per heavy atom. The molecule has 0 aliphatic carbocycles. The molecule has 1 unspecified atom stereocenters. The standard InChI is InChI=1S/C20H24N2O/c1-4-12-22(13-5-2)15-20(23)21-16(3)18-11-10-17-8-6-7-9-19(17)14-18/h4-11,14,16H,1-2,12-13,15H2,3H3,(H,21,23). The van der Waals surface area contributed by atoms with Gasteiger partial charge in [-0.2, -0.15) is 0 Å². The van der Waals surface area contributed by atoms with E-state index in [0.717, 1.165) is 5.56 Å². The van der Waals surface area contributed by atoms with Crippen LogP contribution in [0.3, 0.4) is 0 Å². The Balaban J connectivity index is 2.01. The lowest BCUT2D eigenvalue weighted by molar-refractivity contribution is -0.122. The Kier molecular flexibility index (Phi) is 6.12. The summed E-state index contributed by atoms with van der Waals surface area (Å²) < 4.78 is 0. The highest BCUT2D eigenvalue weighted by Crippen LogP contribution is 2.20. The molecule has 120 valence electrons. The fourth-order valence-corrected chi connectivity index (χ4v) is 2.62. The molecule has 23 heavy (non-hydrogen) atoms. The minimum Gasteiger partial charge on any atom is -0.348 e. The van der Waals surface area contributed by atoms with Crippen molar-refractivity contribution in [3.8, 4) is 0 Å². The molecule has 0 radical (unpaired) electrons. The van der Waals surface area contributed by atoms with Crippen LogP contribution in [0.15, 0.2) is 67.8 Å². The summed E-state index contributed by atoms with van der Waals surface area (Å²) in [5, 5.41) is 5.45. The molecule has 0 spiro atoms. The van der Waals surface area contributed by atoms with Gasteiger partial charge < -0.3 is 5.32 Å². The highest BCUT2D eigenvalue weighted by Gasteiger charge is 2.12. The second-order valence-corrected chi connectivity index (χ2v) is 5.67. The smallest absolute Gasteiger partial charge is 0.234 e. The molecule has 0 saturated carbocycles. The summed E-state index contributed by atoms with van der Waals surface area (Å²) in [6, 6.07) is 14.5. The molecule has 0 aliphatic heterocycles. The molecule has 3 heteroatoms. The van der Waals surface area contributed by atoms with Gasteiger partial charge in [-0.25, -0.2) is 0 Å². The fourth-order valence-electron chi connectivity index (χ4n) is 2.62. The summed E-state index contributed by atoms with van der Waals surface area (Å²) >= 11 is 0. The number of nitrogens with one attached hydrogen (secondary N) is 1. The van der Waals surface area contributed by atoms with Crippen LogP contribution >= 0.6 is 0 Å². The summed E-state index contributed by atoms with van der Waals surface area (Å²) in [4.78, 5) is 14.2. The molecule has 0 aromatic heterocycles. The second kappa shape index (κ2) is 8.30. The van der Waals surface area contributed by atoms with Gasteiger partial charge in [0.05, 0.1) is 12.6 Å². The van der Waals surface area contributed by atoms with Crippen LogP contribution in [0.25, 0.3) is 10.8 Å². The normalized spacial score (nSPS) is 12.1. The summed E-state index contributed by atoms with van der Waals surface area (Å²) in [7, 11) is 0. The zero-order chi connectivity index (χ0) is 16.7. The van der Waals surface area contributed by atoms with Crippen molar-refractivity contribution in [3.05, 3.63) is 73.3 Å². The number of fused-ring (bicyclic) bond motifs is 1. The van der Waals surface area contributed by atoms with Gasteiger partial charge in [0, 0.05) is 13.1 Å². The van der Waals surface area contributed by atoms with E-state index in [-0.39, 0.29) is 11.9 Å². The van der Waals surface area contributed by atoms with Crippen molar-refractivity contribution in [2.75, 3.05) is 19.6 Å². The largest absolute Gasteiger partial charge is 0.348 e. The van der Waals surface area contributed by atoms with Gasteiger partial charge in [0.2, 0.25) is 5.91 Å². The Morgan fingerprint density at radius 2 is 1.78 bits per heavy atom. The van der Waals surface area contributed by atoms with E-state index in [1.807, 2.05) is 24.0 Å². The van der Waals surface area contributed by atoms with Crippen LogP contribution in [0.4, 0.5) is 0 Å². The molecular formula is C20H24N2O. The number of carbonyl (C=O) groups is 1. The van der Waals surface area contributed by atoms with Gasteiger partial charge in [0.1, 0.15) is 0 Å². The van der Waals surface area contributed by atoms with E-state index in [2.05, 4.69) is 48.8 Å². The van der Waals surface area contributed by atoms with Gasteiger partial charge in [-0.15, -0.1) is 13.2 Å². The first kappa shape index (κ1) is 17.0. The quantitative estimate of drug-likeness (QED) is 0.754. The first-order valence-electron chi connectivity index (χ1n) is 7.86. The Morgan fingerprint density at radius 3 is 2.43 bits per heavy atom. The monoisotopic (exact) mass is 308 g/mol. The van der Waals surface area contributed by atoms with Crippen molar-refractivity contribution in [1.29, 1.82) is 0 Å². The van der Waals surface area contributed by atoms with Gasteiger partial charge in [0.25, 0.3) is 0 Å². The number of benzene rings is 2. The van der Waals surface area contributed by atoms with Crippen LogP contribution in [0.2, 0.25) is 0 Å². The fraction of sp³-hybridized carbons (Fsp3) is 0.250. The lowest BCUT2D eigenvalue weighted by Gasteiger charge is -2.20. The molecule has 0 saturated heterocycles. The highest BCUT2D eigenvalue weighted by molar-refractivity contribution is 5.83. The number of amides is 1. The third-order valence-corrected chi connectivity index (χ3v) is 3.79. The molecule has 1 amide bonds. The van der Waals surface area contributed by atoms with Crippen LogP contribution < -0.4 is 5.32 Å². The zero-order valence-electron chi connectivity index (χ0n) is 13.7. The van der Waals surface area contributed by atoms with E-state index in [4.69, 9.17) is 0 Å². The van der Waals surface area contributed by atoms with Gasteiger partial charge in [-0.3, -0.25) is 9.69 Å². The van der Waals surface area contributed by atoms with Gasteiger partial charge in [-0.1, -0.05) is 48.6 Å². The van der Waals surface area contributed by atoms with E-state index in [1.54, 1.807) is 12.2 Å². The summed E-state index contributed by atoms with van der Waals surface area (Å²) in [5.41, 5.74) is 1.11. The Bertz CT molecular complexity index is 683. The van der Waals surface area contributed by atoms with Crippen molar-refractivity contribution in [1.82, 2.24) is 10.2 Å². The van der Waals surface area contributed by atoms with Crippen molar-refractivity contribution >= 4 is 16.7 Å². The first-order valence-corrected chi connectivity index (χ1v) is 7.86. The molecule has 0 fully saturated rings. The molecule has 0 heterocycles. The zero-order valence-corrected chi connectivity index (χ0v) is 13.7. The minimum absolute atomic E-state index is 0.00867. The molecule has 1 atom stereocenters. The summed E-state index contributed by atoms with van der Waals surface area (Å²) in [6.45, 7) is 11.1. The summed E-state index contributed by atoms with van der Waals surface area (Å²) in [6.07, 6.45) is 3.59. The van der Waals surface area contributed by atoms with Gasteiger partial charge in [-0.05, 0) is 29.3 Å². The molecule has 2 aromatic carbocycles. The average molecular weight is 308 g/mol. The van der Waals surface area contributed by atoms with Crippen LogP contribution in [0, 0.1) is 0 Å². The lowest BCUT2D eigenvalue weighted by atomic mass is 10.0. The van der Waals surface area contributed by atoms with Crippen LogP contribution in [0.1, 0.15) is 18.5 Å². The van der Waals surface area contributed by atoms with Gasteiger partial charge in [0.15, 0.2) is 0 Å². The third kappa shape index (κ3) is 4.80. The summed E-state index contributed by atoms with van der Waals surface area (Å²) in [5.74, 6) is 0.00867. The minimum atomic E-state index is -0.0265. The topological polar surface area (TPSA) is 32.3 Å². The maximum Gasteiger partial charge on any atom is 0.234 e. The average Bonchev–Trinajstić information content (AvgIpc) is 2.54. The van der Waals surface area contributed by atoms with Crippen molar-refractivity contribution in [3.63, 3.8) is 0 Å². The highest BCUT2D eigenvalue weighted by atomic mass is 16.2. The maximum atomic E-state index is 12.2. The van der Waals surface area contributed by atoms with Crippen LogP contribution in [0.5, 0.6) is 0 Å². The van der Waals surface area contributed by atoms with E-state index in [1.165, 1.54) is 10.8 Å². The van der Waals surface area contributed by atoms with Crippen LogP contribution in [-0.2, 0) is 4.79 Å². The number of nitrogens with zero attached hydrogens (tertiary/aromatic N) is 1. The predicted molar refractivity (Wildman–Crippen MR) is 97.3 cm³/mol. The Hall–Kier alpha value is -2.39. The third-order valence-electron chi connectivity index (χ3n) is 3.79. The molecule has 1 N–H and O–H groups in total. The molecule has 0 aliphatic rings. The Labute approximate surface area is 138 Å². The molecule has 3 nitrogen and oxygen atoms in total. The molecular weight excluding hydrogens is 284 g/mol. The van der Waals surface area contributed by atoms with Crippen molar-refractivity contribution in [2.45, 2.75) is 13.0 Å². The van der Waals surface area contributed by atoms with E-state index in [0.29, 0.717) is 19.6 Å². The lowest BCUT2D eigenvalue weighted by Crippen LogP contribution is -2.38. The number of hydrogen-bond donors (Lipinski definition) is 1. The molecule has 0 bridgehead atoms. The van der Waals surface area contributed by atoms with Crippen molar-refractivity contribution < 1.29 is 4.79 Å². The van der Waals surface area contributed by atoms with E-state index in [9.17, 15) is 4.79 Å². The number of rotatable bonds is 8. The molecule has 2 aromatic rings. The predicted octanol–water partition coefficient (Wildman–Crippen LogP) is 3.69. The first-order chi connectivity index (χ1) is 11.1. The SMILES string of the molecule is C=CCN(CC=C)CC(=O)NC(C)c1ccc2ccccc2c1. The van der Waals surface area contributed by atoms with Crippen molar-refractivity contribution in [2.24, 2.45) is 0 Å². The van der Waals surface area contributed by atoms with E-state index < -0.39 is 0 Å². The molecule has 2 rings (SSSR count). The van der Waals surface area contributed by atoms with Gasteiger partial charge >= 0.3 is 0 Å². The number of hydrogen-bond acceptors (Lipinski definition) is 2. The number of carbonyl (C=O) groups excluding carboxylic acids is 1.